The van der Waals surface area contributed by atoms with Crippen LogP contribution in [0.3, 0.4) is 0 Å². The molecule has 3 heteroatoms. The van der Waals surface area contributed by atoms with Gasteiger partial charge >= 0.3 is 0 Å². The molecule has 14 heavy (non-hydrogen) atoms. The first-order chi connectivity index (χ1) is 6.61. The molecule has 0 atom stereocenters. The molecule has 2 aromatic rings. The Morgan fingerprint density at radius 2 is 2.14 bits per heavy atom. The zero-order valence-electron chi connectivity index (χ0n) is 8.53. The molecule has 0 saturated carbocycles. The third-order valence-electron chi connectivity index (χ3n) is 2.44. The smallest absolute Gasteiger partial charge is 0.162 e. The molecule has 2 aromatic heterocycles. The number of hydrogen-bond acceptors (Lipinski definition) is 2. The maximum atomic E-state index is 11.4. The van der Waals surface area contributed by atoms with E-state index in [2.05, 4.69) is 4.98 Å². The monoisotopic (exact) mass is 188 g/mol. The van der Waals surface area contributed by atoms with Crippen molar-refractivity contribution in [1.82, 2.24) is 9.38 Å². The van der Waals surface area contributed by atoms with Gasteiger partial charge in [0.15, 0.2) is 5.78 Å². The van der Waals surface area contributed by atoms with Gasteiger partial charge in [0.2, 0.25) is 0 Å². The fraction of sp³-hybridized carbons (Fsp3) is 0.273. The summed E-state index contributed by atoms with van der Waals surface area (Å²) in [4.78, 5) is 15.6. The third-order valence-corrected chi connectivity index (χ3v) is 2.44. The molecule has 2 rings (SSSR count). The zero-order valence-corrected chi connectivity index (χ0v) is 8.53. The van der Waals surface area contributed by atoms with Crippen molar-refractivity contribution in [3.63, 3.8) is 0 Å². The molecule has 0 radical (unpaired) electrons. The van der Waals surface area contributed by atoms with Gasteiger partial charge in [-0.3, -0.25) is 9.78 Å². The lowest BCUT2D eigenvalue weighted by atomic mass is 10.2. The number of aryl methyl sites for hydroxylation is 2. The fourth-order valence-corrected chi connectivity index (χ4v) is 1.76. The fourth-order valence-electron chi connectivity index (χ4n) is 1.76. The van der Waals surface area contributed by atoms with Crippen LogP contribution in [0.1, 0.15) is 28.7 Å². The molecular weight excluding hydrogens is 176 g/mol. The summed E-state index contributed by atoms with van der Waals surface area (Å²) in [6.45, 7) is 5.49. The van der Waals surface area contributed by atoms with Gasteiger partial charge in [0, 0.05) is 23.7 Å². The van der Waals surface area contributed by atoms with Crippen LogP contribution in [0.25, 0.3) is 5.52 Å². The van der Waals surface area contributed by atoms with E-state index in [0.29, 0.717) is 0 Å². The summed E-state index contributed by atoms with van der Waals surface area (Å²) in [6, 6.07) is 1.91. The van der Waals surface area contributed by atoms with E-state index in [0.717, 1.165) is 22.5 Å². The number of Topliss-reactive ketones (excluding diaryl/α,β-unsaturated/α-hetero) is 1. The highest BCUT2D eigenvalue weighted by atomic mass is 16.1. The molecule has 0 saturated heterocycles. The van der Waals surface area contributed by atoms with Crippen LogP contribution in [-0.4, -0.2) is 15.2 Å². The highest BCUT2D eigenvalue weighted by Gasteiger charge is 2.11. The summed E-state index contributed by atoms with van der Waals surface area (Å²) in [5, 5.41) is 0. The van der Waals surface area contributed by atoms with Gasteiger partial charge in [0.1, 0.15) is 0 Å². The third kappa shape index (κ3) is 1.13. The molecule has 0 bridgehead atoms. The van der Waals surface area contributed by atoms with Crippen LogP contribution in [0.5, 0.6) is 0 Å². The first kappa shape index (κ1) is 8.94. The summed E-state index contributed by atoms with van der Waals surface area (Å²) >= 11 is 0. The molecule has 0 amide bonds. The lowest BCUT2D eigenvalue weighted by Gasteiger charge is -2.00. The topological polar surface area (TPSA) is 34.4 Å². The minimum Gasteiger partial charge on any atom is -0.317 e. The number of ketones is 1. The number of rotatable bonds is 1. The molecule has 0 fully saturated rings. The van der Waals surface area contributed by atoms with Crippen LogP contribution < -0.4 is 0 Å². The van der Waals surface area contributed by atoms with E-state index < -0.39 is 0 Å². The van der Waals surface area contributed by atoms with Crippen molar-refractivity contribution in [2.24, 2.45) is 0 Å². The minimum atomic E-state index is 0.0895. The van der Waals surface area contributed by atoms with Gasteiger partial charge in [-0.05, 0) is 26.8 Å². The zero-order chi connectivity index (χ0) is 10.3. The molecule has 0 N–H and O–H groups in total. The van der Waals surface area contributed by atoms with E-state index in [1.54, 1.807) is 13.1 Å². The Morgan fingerprint density at radius 3 is 2.79 bits per heavy atom. The minimum absolute atomic E-state index is 0.0895. The highest BCUT2D eigenvalue weighted by Crippen LogP contribution is 2.18. The van der Waals surface area contributed by atoms with Crippen molar-refractivity contribution in [3.05, 3.63) is 35.4 Å². The molecule has 0 aliphatic rings. The van der Waals surface area contributed by atoms with Crippen LogP contribution in [0.2, 0.25) is 0 Å². The molecule has 0 aromatic carbocycles. The Balaban J connectivity index is 2.93. The van der Waals surface area contributed by atoms with Crippen molar-refractivity contribution < 1.29 is 4.79 Å². The molecule has 2 heterocycles. The molecule has 0 unspecified atom stereocenters. The second kappa shape index (κ2) is 2.94. The first-order valence-corrected chi connectivity index (χ1v) is 4.55. The Labute approximate surface area is 82.4 Å². The van der Waals surface area contributed by atoms with Crippen LogP contribution in [0.4, 0.5) is 0 Å². The maximum Gasteiger partial charge on any atom is 0.162 e. The number of aromatic nitrogens is 2. The van der Waals surface area contributed by atoms with Gasteiger partial charge in [-0.15, -0.1) is 0 Å². The van der Waals surface area contributed by atoms with E-state index in [9.17, 15) is 4.79 Å². The number of carbonyl (C=O) groups is 1. The van der Waals surface area contributed by atoms with Crippen LogP contribution in [-0.2, 0) is 0 Å². The van der Waals surface area contributed by atoms with Crippen molar-refractivity contribution in [2.75, 3.05) is 0 Å². The highest BCUT2D eigenvalue weighted by molar-refractivity contribution is 6.01. The number of hydrogen-bond donors (Lipinski definition) is 0. The quantitative estimate of drug-likeness (QED) is 0.642. The van der Waals surface area contributed by atoms with Crippen molar-refractivity contribution in [2.45, 2.75) is 20.8 Å². The van der Waals surface area contributed by atoms with Crippen LogP contribution in [0, 0.1) is 13.8 Å². The second-order valence-corrected chi connectivity index (χ2v) is 3.49. The van der Waals surface area contributed by atoms with E-state index in [1.165, 1.54) is 0 Å². The molecule has 0 spiro atoms. The van der Waals surface area contributed by atoms with E-state index in [1.807, 2.05) is 30.5 Å². The Hall–Kier alpha value is -1.64. The number of carbonyl (C=O) groups excluding carboxylic acids is 1. The molecule has 3 nitrogen and oxygen atoms in total. The normalized spacial score (nSPS) is 10.8. The lowest BCUT2D eigenvalue weighted by molar-refractivity contribution is 0.101. The van der Waals surface area contributed by atoms with Gasteiger partial charge in [-0.25, -0.2) is 0 Å². The average Bonchev–Trinajstić information content (AvgIpc) is 2.46. The van der Waals surface area contributed by atoms with Crippen LogP contribution >= 0.6 is 0 Å². The summed E-state index contributed by atoms with van der Waals surface area (Å²) in [5.41, 5.74) is 3.65. The summed E-state index contributed by atoms with van der Waals surface area (Å²) < 4.78 is 2.00. The Kier molecular flexibility index (Phi) is 1.88. The largest absolute Gasteiger partial charge is 0.317 e. The predicted molar refractivity (Wildman–Crippen MR) is 54.7 cm³/mol. The Morgan fingerprint density at radius 1 is 1.43 bits per heavy atom. The van der Waals surface area contributed by atoms with Gasteiger partial charge in [-0.1, -0.05) is 0 Å². The average molecular weight is 188 g/mol. The number of nitrogens with zero attached hydrogens (tertiary/aromatic N) is 2. The van der Waals surface area contributed by atoms with E-state index in [4.69, 9.17) is 0 Å². The summed E-state index contributed by atoms with van der Waals surface area (Å²) in [5.74, 6) is 0.0895. The van der Waals surface area contributed by atoms with Crippen LogP contribution in [0.15, 0.2) is 18.5 Å². The van der Waals surface area contributed by atoms with Crippen molar-refractivity contribution >= 4 is 11.3 Å². The molecular formula is C11H12N2O. The lowest BCUT2D eigenvalue weighted by Crippen LogP contribution is -1.96. The Bertz CT molecular complexity index is 511. The molecule has 0 aliphatic carbocycles. The van der Waals surface area contributed by atoms with Gasteiger partial charge in [0.05, 0.1) is 11.2 Å². The van der Waals surface area contributed by atoms with E-state index in [-0.39, 0.29) is 5.78 Å². The van der Waals surface area contributed by atoms with Crippen molar-refractivity contribution in [3.8, 4) is 0 Å². The first-order valence-electron chi connectivity index (χ1n) is 4.55. The van der Waals surface area contributed by atoms with E-state index >= 15 is 0 Å². The summed E-state index contributed by atoms with van der Waals surface area (Å²) in [6.07, 6.45) is 3.63. The molecule has 0 aliphatic heterocycles. The van der Waals surface area contributed by atoms with Gasteiger partial charge in [0.25, 0.3) is 0 Å². The second-order valence-electron chi connectivity index (χ2n) is 3.49. The van der Waals surface area contributed by atoms with Gasteiger partial charge in [-0.2, -0.15) is 0 Å². The standard InChI is InChI=1S/C11H12N2O/c1-7-6-10(9(3)14)11-8(2)12-4-5-13(7)11/h4-6H,1-3H3. The van der Waals surface area contributed by atoms with Gasteiger partial charge < -0.3 is 4.40 Å². The van der Waals surface area contributed by atoms with Crippen molar-refractivity contribution in [1.29, 1.82) is 0 Å². The number of fused-ring (bicyclic) bond motifs is 1. The SMILES string of the molecule is CC(=O)c1cc(C)n2ccnc(C)c12. The summed E-state index contributed by atoms with van der Waals surface area (Å²) in [7, 11) is 0. The predicted octanol–water partition coefficient (Wildman–Crippen LogP) is 2.15. The maximum absolute atomic E-state index is 11.4. The molecule has 72 valence electrons.